The van der Waals surface area contributed by atoms with Gasteiger partial charge in [-0.05, 0) is 103 Å². The minimum Gasteiger partial charge on any atom is -0.493 e. The highest BCUT2D eigenvalue weighted by Crippen LogP contribution is 2.40. The molecule has 58 heavy (non-hydrogen) atoms. The third-order valence-corrected chi connectivity index (χ3v) is 9.45. The molecule has 0 saturated carbocycles. The normalized spacial score (nSPS) is 14.2. The lowest BCUT2D eigenvalue weighted by atomic mass is 10.1. The van der Waals surface area contributed by atoms with Crippen molar-refractivity contribution in [3.05, 3.63) is 35.4 Å². The zero-order valence-electron chi connectivity index (χ0n) is 36.6. The fourth-order valence-electron chi connectivity index (χ4n) is 6.41. The Hall–Kier alpha value is -4.63. The number of methoxy groups -OCH3 is 5. The van der Waals surface area contributed by atoms with E-state index < -0.39 is 23.6 Å². The van der Waals surface area contributed by atoms with Crippen molar-refractivity contribution in [1.29, 1.82) is 0 Å². The summed E-state index contributed by atoms with van der Waals surface area (Å²) in [5.41, 5.74) is 0.0357. The van der Waals surface area contributed by atoms with Crippen LogP contribution in [0.1, 0.15) is 87.4 Å². The Morgan fingerprint density at radius 3 is 1.78 bits per heavy atom. The molecule has 1 aliphatic rings. The topological polar surface area (TPSA) is 144 Å². The molecule has 15 heteroatoms. The fourth-order valence-corrected chi connectivity index (χ4v) is 6.41. The molecule has 1 heterocycles. The van der Waals surface area contributed by atoms with Crippen LogP contribution < -0.4 is 28.4 Å². The van der Waals surface area contributed by atoms with Crippen LogP contribution in [0.25, 0.3) is 0 Å². The molecule has 1 fully saturated rings. The van der Waals surface area contributed by atoms with Crippen molar-refractivity contribution in [3.63, 3.8) is 0 Å². The molecule has 0 spiro atoms. The standard InChI is InChI=1S/C43H67N3O12/c1-30(2)29-56-40(47)31-25-36(52-9)39(54-11)37(28-31)55-24-12-15-33(57-41(48)32-26-34(50-7)38(53-10)35(27-32)51-8)16-21-46-20-14-19-45(22-23-46)18-13-17-44(6)42(49)58-43(3,4)5/h25-28,30,33H,12-24,29H2,1-11H3. The van der Waals surface area contributed by atoms with Crippen LogP contribution in [0.15, 0.2) is 24.3 Å². The number of carbonyl (C=O) groups excluding carboxylic acids is 3. The number of nitrogens with zero attached hydrogens (tertiary/aromatic N) is 3. The van der Waals surface area contributed by atoms with E-state index in [0.717, 1.165) is 52.1 Å². The highest BCUT2D eigenvalue weighted by Gasteiger charge is 2.25. The second-order valence-corrected chi connectivity index (χ2v) is 15.7. The SMILES string of the molecule is COc1cc(C(=O)OC(CCCOc2cc(C(=O)OCC(C)C)cc(OC)c2OC)CCN2CCCN(CCCN(C)C(=O)OC(C)(C)C)CC2)cc(OC)c1OC. The van der Waals surface area contributed by atoms with Gasteiger partial charge < -0.3 is 57.3 Å². The van der Waals surface area contributed by atoms with E-state index in [9.17, 15) is 14.4 Å². The Morgan fingerprint density at radius 2 is 1.24 bits per heavy atom. The summed E-state index contributed by atoms with van der Waals surface area (Å²) in [7, 11) is 9.27. The molecule has 0 radical (unpaired) electrons. The molecule has 15 nitrogen and oxygen atoms in total. The fraction of sp³-hybridized carbons (Fsp3) is 0.651. The number of esters is 2. The molecular weight excluding hydrogens is 750 g/mol. The van der Waals surface area contributed by atoms with E-state index in [-0.39, 0.29) is 36.4 Å². The van der Waals surface area contributed by atoms with Gasteiger partial charge in [0, 0.05) is 33.2 Å². The minimum atomic E-state index is -0.526. The van der Waals surface area contributed by atoms with E-state index in [4.69, 9.17) is 42.6 Å². The van der Waals surface area contributed by atoms with Crippen molar-refractivity contribution in [2.45, 2.75) is 78.4 Å². The van der Waals surface area contributed by atoms with Gasteiger partial charge in [0.05, 0.1) is 59.9 Å². The maximum Gasteiger partial charge on any atom is 0.410 e. The van der Waals surface area contributed by atoms with Crippen molar-refractivity contribution in [1.82, 2.24) is 14.7 Å². The van der Waals surface area contributed by atoms with Crippen LogP contribution in [0.4, 0.5) is 4.79 Å². The highest BCUT2D eigenvalue weighted by atomic mass is 16.6. The Morgan fingerprint density at radius 1 is 0.707 bits per heavy atom. The van der Waals surface area contributed by atoms with Crippen molar-refractivity contribution >= 4 is 18.0 Å². The summed E-state index contributed by atoms with van der Waals surface area (Å²) in [4.78, 5) is 45.3. The summed E-state index contributed by atoms with van der Waals surface area (Å²) >= 11 is 0. The zero-order valence-corrected chi connectivity index (χ0v) is 36.6. The molecule has 0 N–H and O–H groups in total. The summed E-state index contributed by atoms with van der Waals surface area (Å²) in [6.45, 7) is 16.0. The van der Waals surface area contributed by atoms with Crippen LogP contribution >= 0.6 is 0 Å². The average Bonchev–Trinajstić information content (AvgIpc) is 3.43. The predicted molar refractivity (Wildman–Crippen MR) is 220 cm³/mol. The van der Waals surface area contributed by atoms with E-state index in [0.29, 0.717) is 60.3 Å². The molecule has 1 amide bonds. The monoisotopic (exact) mass is 817 g/mol. The predicted octanol–water partition coefficient (Wildman–Crippen LogP) is 6.58. The van der Waals surface area contributed by atoms with Gasteiger partial charge in [0.25, 0.3) is 0 Å². The Labute approximate surface area is 345 Å². The van der Waals surface area contributed by atoms with Gasteiger partial charge >= 0.3 is 18.0 Å². The van der Waals surface area contributed by atoms with Crippen LogP contribution in [0.2, 0.25) is 0 Å². The number of carbonyl (C=O) groups is 3. The third kappa shape index (κ3) is 15.3. The van der Waals surface area contributed by atoms with Gasteiger partial charge in [0.15, 0.2) is 23.0 Å². The van der Waals surface area contributed by atoms with Crippen molar-refractivity contribution < 1.29 is 57.0 Å². The molecule has 1 unspecified atom stereocenters. The van der Waals surface area contributed by atoms with Gasteiger partial charge in [-0.1, -0.05) is 13.8 Å². The number of rotatable bonds is 22. The molecule has 0 aliphatic carbocycles. The zero-order chi connectivity index (χ0) is 42.8. The minimum absolute atomic E-state index is 0.181. The molecule has 1 aliphatic heterocycles. The van der Waals surface area contributed by atoms with Crippen LogP contribution in [-0.4, -0.2) is 146 Å². The number of ether oxygens (including phenoxy) is 9. The molecule has 0 bridgehead atoms. The van der Waals surface area contributed by atoms with Crippen molar-refractivity contribution in [2.24, 2.45) is 5.92 Å². The summed E-state index contributed by atoms with van der Waals surface area (Å²) in [5, 5.41) is 0. The molecule has 2 aromatic rings. The second kappa shape index (κ2) is 23.7. The third-order valence-electron chi connectivity index (χ3n) is 9.45. The molecule has 0 aromatic heterocycles. The van der Waals surface area contributed by atoms with Gasteiger partial charge in [-0.2, -0.15) is 0 Å². The Bertz CT molecular complexity index is 1590. The average molecular weight is 818 g/mol. The first-order valence-electron chi connectivity index (χ1n) is 20.1. The van der Waals surface area contributed by atoms with Crippen LogP contribution in [0, 0.1) is 5.92 Å². The van der Waals surface area contributed by atoms with Crippen molar-refractivity contribution in [2.75, 3.05) is 102 Å². The van der Waals surface area contributed by atoms with Gasteiger partial charge in [-0.15, -0.1) is 0 Å². The molecule has 1 saturated heterocycles. The lowest BCUT2D eigenvalue weighted by Gasteiger charge is -2.26. The van der Waals surface area contributed by atoms with E-state index in [1.165, 1.54) is 35.5 Å². The first-order valence-corrected chi connectivity index (χ1v) is 20.1. The molecular formula is C43H67N3O12. The van der Waals surface area contributed by atoms with Gasteiger partial charge in [-0.25, -0.2) is 14.4 Å². The van der Waals surface area contributed by atoms with Gasteiger partial charge in [0.2, 0.25) is 11.5 Å². The quantitative estimate of drug-likeness (QED) is 0.0717. The molecule has 326 valence electrons. The lowest BCUT2D eigenvalue weighted by Crippen LogP contribution is -2.37. The largest absolute Gasteiger partial charge is 0.493 e. The highest BCUT2D eigenvalue weighted by molar-refractivity contribution is 5.92. The van der Waals surface area contributed by atoms with Crippen LogP contribution in [0.3, 0.4) is 0 Å². The maximum atomic E-state index is 13.7. The van der Waals surface area contributed by atoms with Gasteiger partial charge in [0.1, 0.15) is 11.7 Å². The first-order chi connectivity index (χ1) is 27.6. The van der Waals surface area contributed by atoms with Crippen LogP contribution in [0.5, 0.6) is 34.5 Å². The summed E-state index contributed by atoms with van der Waals surface area (Å²) in [6, 6.07) is 6.32. The Balaban J connectivity index is 1.68. The molecule has 1 atom stereocenters. The number of hydrogen-bond donors (Lipinski definition) is 0. The molecule has 3 rings (SSSR count). The lowest BCUT2D eigenvalue weighted by molar-refractivity contribution is 0.0219. The number of hydrogen-bond acceptors (Lipinski definition) is 14. The van der Waals surface area contributed by atoms with E-state index in [2.05, 4.69) is 9.80 Å². The van der Waals surface area contributed by atoms with E-state index >= 15 is 0 Å². The number of benzene rings is 2. The van der Waals surface area contributed by atoms with Crippen LogP contribution in [-0.2, 0) is 14.2 Å². The maximum absolute atomic E-state index is 13.7. The summed E-state index contributed by atoms with van der Waals surface area (Å²) in [6.07, 6.45) is 2.75. The van der Waals surface area contributed by atoms with E-state index in [1.807, 2.05) is 34.6 Å². The number of amides is 1. The van der Waals surface area contributed by atoms with E-state index in [1.54, 1.807) is 36.2 Å². The summed E-state index contributed by atoms with van der Waals surface area (Å²) in [5.74, 6) is 1.31. The smallest absolute Gasteiger partial charge is 0.410 e. The van der Waals surface area contributed by atoms with Gasteiger partial charge in [-0.3, -0.25) is 0 Å². The second-order valence-electron chi connectivity index (χ2n) is 15.7. The molecule has 2 aromatic carbocycles. The first kappa shape index (κ1) is 47.7. The van der Waals surface area contributed by atoms with Crippen molar-refractivity contribution in [3.8, 4) is 34.5 Å². The summed E-state index contributed by atoms with van der Waals surface area (Å²) < 4.78 is 50.8. The Kier molecular flexibility index (Phi) is 19.5.